The maximum atomic E-state index is 12.3. The Kier molecular flexibility index (Phi) is 7.06. The van der Waals surface area contributed by atoms with E-state index < -0.39 is 0 Å². The van der Waals surface area contributed by atoms with Crippen molar-refractivity contribution < 1.29 is 9.53 Å². The number of esters is 1. The van der Waals surface area contributed by atoms with E-state index in [1.165, 1.54) is 22.5 Å². The fourth-order valence-corrected chi connectivity index (χ4v) is 5.07. The molecule has 0 aromatic heterocycles. The van der Waals surface area contributed by atoms with Crippen LogP contribution in [0.3, 0.4) is 0 Å². The van der Waals surface area contributed by atoms with E-state index in [1.54, 1.807) is 0 Å². The van der Waals surface area contributed by atoms with Gasteiger partial charge >= 0.3 is 5.97 Å². The zero-order chi connectivity index (χ0) is 20.8. The molecule has 0 aliphatic carbocycles. The minimum atomic E-state index is -0.0231. The van der Waals surface area contributed by atoms with Crippen molar-refractivity contribution in [3.8, 4) is 0 Å². The number of hydrogen-bond acceptors (Lipinski definition) is 4. The first-order valence-electron chi connectivity index (χ1n) is 11.6. The zero-order valence-electron chi connectivity index (χ0n) is 18.1. The van der Waals surface area contributed by atoms with Gasteiger partial charge in [0, 0.05) is 24.5 Å². The lowest BCUT2D eigenvalue weighted by molar-refractivity contribution is -0.150. The number of hydrogen-bond donors (Lipinski definition) is 1. The van der Waals surface area contributed by atoms with E-state index in [0.29, 0.717) is 12.5 Å². The highest BCUT2D eigenvalue weighted by atomic mass is 16.5. The first-order chi connectivity index (χ1) is 14.8. The topological polar surface area (TPSA) is 41.6 Å². The van der Waals surface area contributed by atoms with Crippen molar-refractivity contribution in [3.63, 3.8) is 0 Å². The molecule has 1 fully saturated rings. The van der Waals surface area contributed by atoms with Crippen molar-refractivity contribution >= 4 is 17.3 Å². The van der Waals surface area contributed by atoms with Crippen LogP contribution in [0.1, 0.15) is 43.7 Å². The molecule has 1 N–H and O–H groups in total. The van der Waals surface area contributed by atoms with Gasteiger partial charge in [0.2, 0.25) is 0 Å². The molecule has 0 spiro atoms. The van der Waals surface area contributed by atoms with Crippen molar-refractivity contribution in [2.75, 3.05) is 31.1 Å². The molecule has 4 rings (SSSR count). The van der Waals surface area contributed by atoms with Gasteiger partial charge < -0.3 is 15.0 Å². The second-order valence-electron chi connectivity index (χ2n) is 8.52. The predicted octanol–water partition coefficient (Wildman–Crippen LogP) is 4.88. The molecule has 2 aromatic carbocycles. The summed E-state index contributed by atoms with van der Waals surface area (Å²) in [6.45, 7) is 5.14. The van der Waals surface area contributed by atoms with Gasteiger partial charge in [-0.2, -0.15) is 0 Å². The van der Waals surface area contributed by atoms with Crippen LogP contribution < -0.4 is 10.2 Å². The Morgan fingerprint density at radius 2 is 1.70 bits per heavy atom. The summed E-state index contributed by atoms with van der Waals surface area (Å²) in [6.07, 6.45) is 6.63. The number of rotatable bonds is 7. The number of fused-ring (bicyclic) bond motifs is 2. The first-order valence-corrected chi connectivity index (χ1v) is 11.6. The molecule has 2 atom stereocenters. The fourth-order valence-electron chi connectivity index (χ4n) is 5.07. The summed E-state index contributed by atoms with van der Waals surface area (Å²) in [5.74, 6) is 0.428. The lowest BCUT2D eigenvalue weighted by Crippen LogP contribution is -2.41. The summed E-state index contributed by atoms with van der Waals surface area (Å²) in [5.41, 5.74) is 5.59. The molecule has 4 nitrogen and oxygen atoms in total. The molecule has 0 amide bonds. The number of para-hydroxylation sites is 2. The van der Waals surface area contributed by atoms with E-state index in [1.807, 2.05) is 6.92 Å². The molecular weight excluding hydrogens is 372 g/mol. The van der Waals surface area contributed by atoms with Crippen molar-refractivity contribution in [2.45, 2.75) is 45.4 Å². The highest BCUT2D eigenvalue weighted by Crippen LogP contribution is 2.36. The highest BCUT2D eigenvalue weighted by molar-refractivity contribution is 5.73. The molecule has 0 radical (unpaired) electrons. The second-order valence-corrected chi connectivity index (χ2v) is 8.52. The van der Waals surface area contributed by atoms with Gasteiger partial charge in [0.15, 0.2) is 0 Å². The predicted molar refractivity (Wildman–Crippen MR) is 122 cm³/mol. The van der Waals surface area contributed by atoms with Crippen molar-refractivity contribution in [3.05, 3.63) is 59.7 Å². The SMILES string of the molecule is CCOC(=O)C1CNCCC1CCCCN1c2ccccc2CCc2ccccc21. The van der Waals surface area contributed by atoms with Crippen LogP contribution >= 0.6 is 0 Å². The van der Waals surface area contributed by atoms with Crippen LogP contribution in [0.2, 0.25) is 0 Å². The number of carbonyl (C=O) groups excluding carboxylic acids is 1. The normalized spacial score (nSPS) is 20.8. The minimum Gasteiger partial charge on any atom is -0.466 e. The Labute approximate surface area is 180 Å². The number of ether oxygens (including phenoxy) is 1. The lowest BCUT2D eigenvalue weighted by atomic mass is 9.83. The summed E-state index contributed by atoms with van der Waals surface area (Å²) < 4.78 is 5.32. The fraction of sp³-hybridized carbons (Fsp3) is 0.500. The molecule has 30 heavy (non-hydrogen) atoms. The monoisotopic (exact) mass is 406 g/mol. The molecule has 0 bridgehead atoms. The Bertz CT molecular complexity index is 803. The maximum absolute atomic E-state index is 12.3. The highest BCUT2D eigenvalue weighted by Gasteiger charge is 2.31. The van der Waals surface area contributed by atoms with Crippen LogP contribution in [-0.4, -0.2) is 32.2 Å². The molecular formula is C26H34N2O2. The first kappa shape index (κ1) is 20.9. The van der Waals surface area contributed by atoms with Crippen LogP contribution in [0.15, 0.2) is 48.5 Å². The molecule has 0 saturated carbocycles. The third-order valence-corrected chi connectivity index (χ3v) is 6.65. The Morgan fingerprint density at radius 1 is 1.03 bits per heavy atom. The number of unbranched alkanes of at least 4 members (excludes halogenated alkanes) is 1. The summed E-state index contributed by atoms with van der Waals surface area (Å²) in [6, 6.07) is 17.7. The van der Waals surface area contributed by atoms with Crippen LogP contribution in [0.25, 0.3) is 0 Å². The standard InChI is InChI=1S/C26H34N2O2/c1-2-30-26(29)23-19-27-17-16-20(23)9-7-8-18-28-24-12-5-3-10-21(24)14-15-22-11-4-6-13-25(22)28/h3-6,10-13,20,23,27H,2,7-9,14-19H2,1H3. The van der Waals surface area contributed by atoms with Gasteiger partial charge in [0.25, 0.3) is 0 Å². The smallest absolute Gasteiger partial charge is 0.310 e. The van der Waals surface area contributed by atoms with Gasteiger partial charge in [-0.1, -0.05) is 42.8 Å². The number of carbonyl (C=O) groups is 1. The van der Waals surface area contributed by atoms with Crippen molar-refractivity contribution in [1.82, 2.24) is 5.32 Å². The van der Waals surface area contributed by atoms with Gasteiger partial charge in [-0.25, -0.2) is 0 Å². The van der Waals surface area contributed by atoms with E-state index in [0.717, 1.165) is 58.2 Å². The van der Waals surface area contributed by atoms with Gasteiger partial charge in [-0.05, 0) is 74.8 Å². The molecule has 2 heterocycles. The molecule has 1 saturated heterocycles. The van der Waals surface area contributed by atoms with E-state index >= 15 is 0 Å². The quantitative estimate of drug-likeness (QED) is 0.525. The van der Waals surface area contributed by atoms with Gasteiger partial charge in [0.05, 0.1) is 12.5 Å². The Morgan fingerprint density at radius 3 is 2.37 bits per heavy atom. The molecule has 2 unspecified atom stereocenters. The van der Waals surface area contributed by atoms with E-state index in [-0.39, 0.29) is 11.9 Å². The number of nitrogens with zero attached hydrogens (tertiary/aromatic N) is 1. The average Bonchev–Trinajstić information content (AvgIpc) is 2.94. The number of nitrogens with one attached hydrogen (secondary N) is 1. The lowest BCUT2D eigenvalue weighted by Gasteiger charge is -2.31. The number of benzene rings is 2. The van der Waals surface area contributed by atoms with E-state index in [4.69, 9.17) is 4.74 Å². The Hall–Kier alpha value is -2.33. The molecule has 4 heteroatoms. The third-order valence-electron chi connectivity index (χ3n) is 6.65. The average molecular weight is 407 g/mol. The number of anilines is 2. The zero-order valence-corrected chi connectivity index (χ0v) is 18.1. The molecule has 2 aliphatic heterocycles. The van der Waals surface area contributed by atoms with Crippen LogP contribution in [0, 0.1) is 11.8 Å². The van der Waals surface area contributed by atoms with E-state index in [9.17, 15) is 4.79 Å². The largest absolute Gasteiger partial charge is 0.466 e. The second kappa shape index (κ2) is 10.1. The van der Waals surface area contributed by atoms with Gasteiger partial charge in [-0.15, -0.1) is 0 Å². The number of piperidine rings is 1. The van der Waals surface area contributed by atoms with Crippen LogP contribution in [0.5, 0.6) is 0 Å². The Balaban J connectivity index is 1.41. The molecule has 160 valence electrons. The summed E-state index contributed by atoms with van der Waals surface area (Å²) in [7, 11) is 0. The third kappa shape index (κ3) is 4.70. The summed E-state index contributed by atoms with van der Waals surface area (Å²) >= 11 is 0. The number of aryl methyl sites for hydroxylation is 2. The molecule has 2 aliphatic rings. The van der Waals surface area contributed by atoms with Crippen molar-refractivity contribution in [1.29, 1.82) is 0 Å². The summed E-state index contributed by atoms with van der Waals surface area (Å²) in [5, 5.41) is 3.37. The van der Waals surface area contributed by atoms with Crippen molar-refractivity contribution in [2.24, 2.45) is 11.8 Å². The van der Waals surface area contributed by atoms with Crippen LogP contribution in [-0.2, 0) is 22.4 Å². The van der Waals surface area contributed by atoms with E-state index in [2.05, 4.69) is 58.7 Å². The molecule has 2 aromatic rings. The van der Waals surface area contributed by atoms with Gasteiger partial charge in [-0.3, -0.25) is 4.79 Å². The maximum Gasteiger partial charge on any atom is 0.310 e. The minimum absolute atomic E-state index is 0.0124. The van der Waals surface area contributed by atoms with Crippen LogP contribution in [0.4, 0.5) is 11.4 Å². The van der Waals surface area contributed by atoms with Gasteiger partial charge in [0.1, 0.15) is 0 Å². The summed E-state index contributed by atoms with van der Waals surface area (Å²) in [4.78, 5) is 14.8.